The standard InChI is InChI=1S/C16H18F2N4O2S/c1-2-24-16-20-19-14(25-16)10-21-5-7-22(8-6-21)15(23)11-3-4-12(17)13(18)9-11/h3-4,9H,2,5-8,10H2,1H3. The highest BCUT2D eigenvalue weighted by molar-refractivity contribution is 7.13. The molecule has 0 aliphatic carbocycles. The molecule has 1 aromatic heterocycles. The van der Waals surface area contributed by atoms with Crippen molar-refractivity contribution < 1.29 is 18.3 Å². The lowest BCUT2D eigenvalue weighted by atomic mass is 10.1. The highest BCUT2D eigenvalue weighted by Crippen LogP contribution is 2.20. The van der Waals surface area contributed by atoms with Crippen molar-refractivity contribution in [1.29, 1.82) is 0 Å². The van der Waals surface area contributed by atoms with Crippen LogP contribution < -0.4 is 4.74 Å². The molecule has 9 heteroatoms. The lowest BCUT2D eigenvalue weighted by molar-refractivity contribution is 0.0627. The fourth-order valence-electron chi connectivity index (χ4n) is 2.60. The van der Waals surface area contributed by atoms with Crippen molar-refractivity contribution in [3.05, 3.63) is 40.4 Å². The first-order valence-electron chi connectivity index (χ1n) is 7.98. The maximum Gasteiger partial charge on any atom is 0.294 e. The van der Waals surface area contributed by atoms with E-state index in [1.807, 2.05) is 6.92 Å². The van der Waals surface area contributed by atoms with Gasteiger partial charge in [-0.1, -0.05) is 11.3 Å². The lowest BCUT2D eigenvalue weighted by Gasteiger charge is -2.34. The summed E-state index contributed by atoms with van der Waals surface area (Å²) in [6.45, 7) is 5.50. The molecule has 1 amide bonds. The van der Waals surface area contributed by atoms with Crippen molar-refractivity contribution in [2.24, 2.45) is 0 Å². The minimum atomic E-state index is -1.01. The molecule has 0 bridgehead atoms. The summed E-state index contributed by atoms with van der Waals surface area (Å²) in [7, 11) is 0. The monoisotopic (exact) mass is 368 g/mol. The highest BCUT2D eigenvalue weighted by Gasteiger charge is 2.23. The van der Waals surface area contributed by atoms with Gasteiger partial charge in [0, 0.05) is 31.7 Å². The van der Waals surface area contributed by atoms with Gasteiger partial charge in [-0.25, -0.2) is 8.78 Å². The number of hydrogen-bond donors (Lipinski definition) is 0. The molecular formula is C16H18F2N4O2S. The van der Waals surface area contributed by atoms with E-state index in [1.165, 1.54) is 17.4 Å². The number of amides is 1. The van der Waals surface area contributed by atoms with Gasteiger partial charge in [0.25, 0.3) is 11.1 Å². The number of benzene rings is 1. The average molecular weight is 368 g/mol. The molecule has 1 saturated heterocycles. The third-order valence-corrected chi connectivity index (χ3v) is 4.72. The number of carbonyl (C=O) groups excluding carboxylic acids is 1. The van der Waals surface area contributed by atoms with Crippen molar-refractivity contribution >= 4 is 17.2 Å². The van der Waals surface area contributed by atoms with E-state index < -0.39 is 11.6 Å². The van der Waals surface area contributed by atoms with Crippen LogP contribution in [0.15, 0.2) is 18.2 Å². The molecule has 0 spiro atoms. The molecule has 0 saturated carbocycles. The van der Waals surface area contributed by atoms with Crippen molar-refractivity contribution in [2.45, 2.75) is 13.5 Å². The van der Waals surface area contributed by atoms with E-state index in [-0.39, 0.29) is 11.5 Å². The normalized spacial score (nSPS) is 15.4. The molecule has 2 aromatic rings. The van der Waals surface area contributed by atoms with Gasteiger partial charge in [-0.15, -0.1) is 10.2 Å². The molecule has 134 valence electrons. The number of rotatable bonds is 5. The zero-order valence-electron chi connectivity index (χ0n) is 13.7. The maximum atomic E-state index is 13.3. The summed E-state index contributed by atoms with van der Waals surface area (Å²) in [5.41, 5.74) is 0.165. The summed E-state index contributed by atoms with van der Waals surface area (Å²) in [6.07, 6.45) is 0. The number of ether oxygens (including phenoxy) is 1. The van der Waals surface area contributed by atoms with E-state index in [4.69, 9.17) is 4.74 Å². The quantitative estimate of drug-likeness (QED) is 0.810. The van der Waals surface area contributed by atoms with Crippen LogP contribution in [0.2, 0.25) is 0 Å². The van der Waals surface area contributed by atoms with E-state index >= 15 is 0 Å². The van der Waals surface area contributed by atoms with Crippen LogP contribution in [0.5, 0.6) is 5.19 Å². The molecule has 1 aliphatic rings. The van der Waals surface area contributed by atoms with E-state index in [0.717, 1.165) is 17.1 Å². The zero-order chi connectivity index (χ0) is 17.8. The molecule has 1 aliphatic heterocycles. The Morgan fingerprint density at radius 1 is 1.20 bits per heavy atom. The summed E-state index contributed by atoms with van der Waals surface area (Å²) in [6, 6.07) is 3.23. The van der Waals surface area contributed by atoms with Crippen LogP contribution in [0.4, 0.5) is 8.78 Å². The SMILES string of the molecule is CCOc1nnc(CN2CCN(C(=O)c3ccc(F)c(F)c3)CC2)s1. The van der Waals surface area contributed by atoms with Crippen LogP contribution in [0, 0.1) is 11.6 Å². The average Bonchev–Trinajstić information content (AvgIpc) is 3.05. The second kappa shape index (κ2) is 7.83. The number of aromatic nitrogens is 2. The van der Waals surface area contributed by atoms with Gasteiger partial charge in [-0.3, -0.25) is 9.69 Å². The molecule has 3 rings (SSSR count). The molecule has 0 N–H and O–H groups in total. The van der Waals surface area contributed by atoms with Crippen molar-refractivity contribution in [1.82, 2.24) is 20.0 Å². The van der Waals surface area contributed by atoms with Crippen LogP contribution in [-0.2, 0) is 6.54 Å². The van der Waals surface area contributed by atoms with Gasteiger partial charge in [0.2, 0.25) is 0 Å². The Bertz CT molecular complexity index is 747. The first kappa shape index (κ1) is 17.7. The smallest absolute Gasteiger partial charge is 0.294 e. The van der Waals surface area contributed by atoms with Gasteiger partial charge < -0.3 is 9.64 Å². The number of halogens is 2. The Kier molecular flexibility index (Phi) is 5.54. The van der Waals surface area contributed by atoms with Crippen LogP contribution in [0.25, 0.3) is 0 Å². The van der Waals surface area contributed by atoms with Crippen molar-refractivity contribution in [2.75, 3.05) is 32.8 Å². The topological polar surface area (TPSA) is 58.6 Å². The summed E-state index contributed by atoms with van der Waals surface area (Å²) in [5.74, 6) is -2.25. The second-order valence-corrected chi connectivity index (χ2v) is 6.62. The Balaban J connectivity index is 1.54. The Labute approximate surface area is 148 Å². The minimum absolute atomic E-state index is 0.165. The number of carbonyl (C=O) groups is 1. The maximum absolute atomic E-state index is 13.3. The summed E-state index contributed by atoms with van der Waals surface area (Å²) in [5, 5.41) is 9.48. The van der Waals surface area contributed by atoms with Gasteiger partial charge in [-0.2, -0.15) is 0 Å². The van der Waals surface area contributed by atoms with E-state index in [1.54, 1.807) is 4.90 Å². The van der Waals surface area contributed by atoms with E-state index in [0.29, 0.717) is 44.5 Å². The predicted molar refractivity (Wildman–Crippen MR) is 88.6 cm³/mol. The van der Waals surface area contributed by atoms with Crippen molar-refractivity contribution in [3.8, 4) is 5.19 Å². The molecule has 2 heterocycles. The summed E-state index contributed by atoms with van der Waals surface area (Å²) >= 11 is 1.41. The number of nitrogens with zero attached hydrogens (tertiary/aromatic N) is 4. The van der Waals surface area contributed by atoms with Gasteiger partial charge in [0.05, 0.1) is 13.2 Å². The minimum Gasteiger partial charge on any atom is -0.469 e. The Morgan fingerprint density at radius 2 is 1.96 bits per heavy atom. The molecule has 1 aromatic carbocycles. The first-order chi connectivity index (χ1) is 12.1. The van der Waals surface area contributed by atoms with Crippen LogP contribution in [0.1, 0.15) is 22.3 Å². The second-order valence-electron chi connectivity index (χ2n) is 5.59. The third-order valence-electron chi connectivity index (χ3n) is 3.90. The van der Waals surface area contributed by atoms with Crippen molar-refractivity contribution in [3.63, 3.8) is 0 Å². The molecule has 6 nitrogen and oxygen atoms in total. The third kappa shape index (κ3) is 4.29. The van der Waals surface area contributed by atoms with Gasteiger partial charge >= 0.3 is 0 Å². The molecular weight excluding hydrogens is 350 g/mol. The lowest BCUT2D eigenvalue weighted by Crippen LogP contribution is -2.48. The summed E-state index contributed by atoms with van der Waals surface area (Å²) in [4.78, 5) is 16.2. The van der Waals surface area contributed by atoms with Gasteiger partial charge in [0.1, 0.15) is 5.01 Å². The Hall–Kier alpha value is -2.13. The van der Waals surface area contributed by atoms with Crippen LogP contribution >= 0.6 is 11.3 Å². The largest absolute Gasteiger partial charge is 0.469 e. The molecule has 0 atom stereocenters. The fraction of sp³-hybridized carbons (Fsp3) is 0.438. The highest BCUT2D eigenvalue weighted by atomic mass is 32.1. The first-order valence-corrected chi connectivity index (χ1v) is 8.80. The van der Waals surface area contributed by atoms with Crippen LogP contribution in [0.3, 0.4) is 0 Å². The number of piperazine rings is 1. The Morgan fingerprint density at radius 3 is 2.64 bits per heavy atom. The zero-order valence-corrected chi connectivity index (χ0v) is 14.6. The molecule has 0 radical (unpaired) electrons. The number of hydrogen-bond acceptors (Lipinski definition) is 6. The predicted octanol–water partition coefficient (Wildman–Crippen LogP) is 2.17. The molecule has 25 heavy (non-hydrogen) atoms. The molecule has 1 fully saturated rings. The van der Waals surface area contributed by atoms with E-state index in [9.17, 15) is 13.6 Å². The fourth-order valence-corrected chi connectivity index (χ4v) is 3.38. The molecule has 0 unspecified atom stereocenters. The van der Waals surface area contributed by atoms with Crippen LogP contribution in [-0.4, -0.2) is 58.7 Å². The van der Waals surface area contributed by atoms with Gasteiger partial charge in [0.15, 0.2) is 11.6 Å². The van der Waals surface area contributed by atoms with Gasteiger partial charge in [-0.05, 0) is 25.1 Å². The summed E-state index contributed by atoms with van der Waals surface area (Å²) < 4.78 is 31.6. The van der Waals surface area contributed by atoms with E-state index in [2.05, 4.69) is 15.1 Å².